The molecule has 2 aliphatic heterocycles. The number of ether oxygens (including phenoxy) is 1. The van der Waals surface area contributed by atoms with E-state index in [0.717, 1.165) is 44.5 Å². The Balaban J connectivity index is 1.62. The third-order valence-electron chi connectivity index (χ3n) is 3.90. The summed E-state index contributed by atoms with van der Waals surface area (Å²) in [6.07, 6.45) is 3.06. The van der Waals surface area contributed by atoms with Crippen LogP contribution in [0.25, 0.3) is 0 Å². The third kappa shape index (κ3) is 3.03. The first-order valence-electron chi connectivity index (χ1n) is 7.09. The normalized spacial score (nSPS) is 22.1. The predicted octanol–water partition coefficient (Wildman–Crippen LogP) is 1.14. The molecule has 1 fully saturated rings. The van der Waals surface area contributed by atoms with E-state index < -0.39 is 10.0 Å². The minimum absolute atomic E-state index is 0.210. The van der Waals surface area contributed by atoms with Crippen molar-refractivity contribution < 1.29 is 13.2 Å². The predicted molar refractivity (Wildman–Crippen MR) is 75.8 cm³/mol. The SMILES string of the molecule is O=S(=O)(NCCC1CCCO1)c1ccc2c(c1)CNC2. The molecule has 0 amide bonds. The lowest BCUT2D eigenvalue weighted by Gasteiger charge is -2.11. The summed E-state index contributed by atoms with van der Waals surface area (Å²) in [5, 5.41) is 3.21. The maximum Gasteiger partial charge on any atom is 0.240 e. The second kappa shape index (κ2) is 5.81. The maximum atomic E-state index is 12.2. The van der Waals surface area contributed by atoms with E-state index in [-0.39, 0.29) is 6.10 Å². The van der Waals surface area contributed by atoms with Crippen LogP contribution in [0.1, 0.15) is 30.4 Å². The topological polar surface area (TPSA) is 67.4 Å². The van der Waals surface area contributed by atoms with Crippen LogP contribution in [0.3, 0.4) is 0 Å². The standard InChI is InChI=1S/C14H20N2O3S/c17-20(18,16-6-5-13-2-1-7-19-13)14-4-3-11-9-15-10-12(11)8-14/h3-4,8,13,15-16H,1-2,5-7,9-10H2. The van der Waals surface area contributed by atoms with Gasteiger partial charge in [-0.25, -0.2) is 13.1 Å². The molecule has 3 rings (SSSR count). The van der Waals surface area contributed by atoms with Crippen molar-refractivity contribution in [2.45, 2.75) is 43.4 Å². The van der Waals surface area contributed by atoms with Gasteiger partial charge in [0.15, 0.2) is 0 Å². The number of hydrogen-bond donors (Lipinski definition) is 2. The van der Waals surface area contributed by atoms with Gasteiger partial charge in [-0.2, -0.15) is 0 Å². The first-order valence-corrected chi connectivity index (χ1v) is 8.57. The first-order chi connectivity index (χ1) is 9.65. The monoisotopic (exact) mass is 296 g/mol. The molecule has 0 saturated carbocycles. The Morgan fingerprint density at radius 3 is 2.95 bits per heavy atom. The van der Waals surface area contributed by atoms with Crippen molar-refractivity contribution in [3.63, 3.8) is 0 Å². The molecule has 0 spiro atoms. The number of rotatable bonds is 5. The van der Waals surface area contributed by atoms with Crippen molar-refractivity contribution in [1.29, 1.82) is 0 Å². The Morgan fingerprint density at radius 1 is 1.30 bits per heavy atom. The lowest BCUT2D eigenvalue weighted by Crippen LogP contribution is -2.27. The molecule has 1 atom stereocenters. The van der Waals surface area contributed by atoms with E-state index >= 15 is 0 Å². The molecule has 2 aliphatic rings. The van der Waals surface area contributed by atoms with Crippen LogP contribution in [0, 0.1) is 0 Å². The highest BCUT2D eigenvalue weighted by molar-refractivity contribution is 7.89. The molecule has 20 heavy (non-hydrogen) atoms. The minimum atomic E-state index is -3.41. The van der Waals surface area contributed by atoms with Crippen LogP contribution in [0.15, 0.2) is 23.1 Å². The summed E-state index contributed by atoms with van der Waals surface area (Å²) in [5.41, 5.74) is 2.26. The number of fused-ring (bicyclic) bond motifs is 1. The molecule has 0 aliphatic carbocycles. The molecule has 1 aromatic rings. The van der Waals surface area contributed by atoms with Crippen molar-refractivity contribution in [3.8, 4) is 0 Å². The maximum absolute atomic E-state index is 12.2. The fraction of sp³-hybridized carbons (Fsp3) is 0.571. The molecule has 0 radical (unpaired) electrons. The Morgan fingerprint density at radius 2 is 2.15 bits per heavy atom. The van der Waals surface area contributed by atoms with Crippen molar-refractivity contribution >= 4 is 10.0 Å². The Hall–Kier alpha value is -0.950. The van der Waals surface area contributed by atoms with Gasteiger partial charge in [0, 0.05) is 26.2 Å². The van der Waals surface area contributed by atoms with Crippen LogP contribution in [0.5, 0.6) is 0 Å². The van der Waals surface area contributed by atoms with Crippen LogP contribution >= 0.6 is 0 Å². The van der Waals surface area contributed by atoms with Crippen LogP contribution in [-0.4, -0.2) is 27.7 Å². The quantitative estimate of drug-likeness (QED) is 0.855. The second-order valence-electron chi connectivity index (χ2n) is 5.36. The highest BCUT2D eigenvalue weighted by Gasteiger charge is 2.20. The summed E-state index contributed by atoms with van der Waals surface area (Å²) < 4.78 is 32.6. The zero-order valence-corrected chi connectivity index (χ0v) is 12.2. The van der Waals surface area contributed by atoms with Crippen molar-refractivity contribution in [3.05, 3.63) is 29.3 Å². The van der Waals surface area contributed by atoms with Crippen LogP contribution < -0.4 is 10.0 Å². The summed E-state index contributed by atoms with van der Waals surface area (Å²) in [5.74, 6) is 0. The van der Waals surface area contributed by atoms with Crippen LogP contribution in [0.4, 0.5) is 0 Å². The van der Waals surface area contributed by atoms with Gasteiger partial charge in [0.25, 0.3) is 0 Å². The Bertz CT molecular complexity index is 580. The average Bonchev–Trinajstić information content (AvgIpc) is 3.08. The average molecular weight is 296 g/mol. The second-order valence-corrected chi connectivity index (χ2v) is 7.12. The van der Waals surface area contributed by atoms with Crippen LogP contribution in [0.2, 0.25) is 0 Å². The Kier molecular flexibility index (Phi) is 4.07. The fourth-order valence-corrected chi connectivity index (χ4v) is 3.85. The van der Waals surface area contributed by atoms with Gasteiger partial charge in [0.2, 0.25) is 10.0 Å². The van der Waals surface area contributed by atoms with Gasteiger partial charge >= 0.3 is 0 Å². The molecular weight excluding hydrogens is 276 g/mol. The molecule has 1 saturated heterocycles. The molecule has 2 N–H and O–H groups in total. The molecule has 1 unspecified atom stereocenters. The van der Waals surface area contributed by atoms with E-state index in [2.05, 4.69) is 10.0 Å². The number of benzene rings is 1. The molecular formula is C14H20N2O3S. The highest BCUT2D eigenvalue weighted by atomic mass is 32.2. The van der Waals surface area contributed by atoms with E-state index in [1.54, 1.807) is 12.1 Å². The molecule has 1 aromatic carbocycles. The van der Waals surface area contributed by atoms with Gasteiger partial charge in [0.1, 0.15) is 0 Å². The van der Waals surface area contributed by atoms with Crippen LogP contribution in [-0.2, 0) is 27.8 Å². The van der Waals surface area contributed by atoms with Crippen molar-refractivity contribution in [1.82, 2.24) is 10.0 Å². The zero-order chi connectivity index (χ0) is 14.0. The minimum Gasteiger partial charge on any atom is -0.378 e. The molecule has 2 heterocycles. The summed E-state index contributed by atoms with van der Waals surface area (Å²) in [4.78, 5) is 0.354. The van der Waals surface area contributed by atoms with E-state index in [4.69, 9.17) is 4.74 Å². The highest BCUT2D eigenvalue weighted by Crippen LogP contribution is 2.20. The van der Waals surface area contributed by atoms with Crippen molar-refractivity contribution in [2.24, 2.45) is 0 Å². The summed E-state index contributed by atoms with van der Waals surface area (Å²) in [7, 11) is -3.41. The number of hydrogen-bond acceptors (Lipinski definition) is 4. The fourth-order valence-electron chi connectivity index (χ4n) is 2.75. The molecule has 110 valence electrons. The number of sulfonamides is 1. The molecule has 5 nitrogen and oxygen atoms in total. The molecule has 0 aromatic heterocycles. The third-order valence-corrected chi connectivity index (χ3v) is 5.36. The van der Waals surface area contributed by atoms with Gasteiger partial charge < -0.3 is 10.1 Å². The lowest BCUT2D eigenvalue weighted by atomic mass is 10.1. The summed E-state index contributed by atoms with van der Waals surface area (Å²) >= 11 is 0. The Labute approximate surface area is 119 Å². The van der Waals surface area contributed by atoms with Crippen molar-refractivity contribution in [2.75, 3.05) is 13.2 Å². The van der Waals surface area contributed by atoms with Gasteiger partial charge in [0.05, 0.1) is 11.0 Å². The van der Waals surface area contributed by atoms with E-state index in [9.17, 15) is 8.42 Å². The van der Waals surface area contributed by atoms with E-state index in [1.807, 2.05) is 6.07 Å². The zero-order valence-electron chi connectivity index (χ0n) is 11.4. The largest absolute Gasteiger partial charge is 0.378 e. The van der Waals surface area contributed by atoms with E-state index in [0.29, 0.717) is 11.4 Å². The molecule has 6 heteroatoms. The van der Waals surface area contributed by atoms with Gasteiger partial charge in [-0.05, 0) is 42.5 Å². The summed E-state index contributed by atoms with van der Waals surface area (Å²) in [6.45, 7) is 2.80. The molecule has 0 bridgehead atoms. The van der Waals surface area contributed by atoms with Gasteiger partial charge in [-0.15, -0.1) is 0 Å². The van der Waals surface area contributed by atoms with Gasteiger partial charge in [-0.3, -0.25) is 0 Å². The first kappa shape index (κ1) is 14.0. The van der Waals surface area contributed by atoms with E-state index in [1.165, 1.54) is 5.56 Å². The number of nitrogens with one attached hydrogen (secondary N) is 2. The smallest absolute Gasteiger partial charge is 0.240 e. The van der Waals surface area contributed by atoms with Gasteiger partial charge in [-0.1, -0.05) is 6.07 Å². The summed E-state index contributed by atoms with van der Waals surface area (Å²) in [6, 6.07) is 5.34. The lowest BCUT2D eigenvalue weighted by molar-refractivity contribution is 0.105.